The second-order valence-electron chi connectivity index (χ2n) is 4.39. The monoisotopic (exact) mass is 328 g/mol. The summed E-state index contributed by atoms with van der Waals surface area (Å²) in [5, 5.41) is 4.88. The molecule has 1 aromatic rings. The van der Waals surface area contributed by atoms with Gasteiger partial charge >= 0.3 is 5.97 Å². The standard InChI is InChI=1S/C13H16N2O4S2/c1-8(16)14-13-15-11(7-20-13)10(12(17)18-2)6-9-4-3-5-19-21-9/h6-7,9H,3-5H2,1-2H3,(H,14,15,16). The van der Waals surface area contributed by atoms with Crippen molar-refractivity contribution in [2.24, 2.45) is 0 Å². The summed E-state index contributed by atoms with van der Waals surface area (Å²) in [5.74, 6) is -0.642. The van der Waals surface area contributed by atoms with Crippen LogP contribution in [0, 0.1) is 0 Å². The number of methoxy groups -OCH3 is 1. The molecule has 6 nitrogen and oxygen atoms in total. The smallest absolute Gasteiger partial charge is 0.339 e. The summed E-state index contributed by atoms with van der Waals surface area (Å²) in [6.07, 6.45) is 3.72. The van der Waals surface area contributed by atoms with Crippen LogP contribution in [0.2, 0.25) is 0 Å². The van der Waals surface area contributed by atoms with E-state index in [4.69, 9.17) is 8.92 Å². The molecule has 1 aliphatic heterocycles. The highest BCUT2D eigenvalue weighted by Crippen LogP contribution is 2.29. The van der Waals surface area contributed by atoms with Crippen LogP contribution in [-0.4, -0.2) is 35.8 Å². The molecule has 8 heteroatoms. The molecule has 0 aliphatic carbocycles. The average Bonchev–Trinajstić information content (AvgIpc) is 2.92. The number of rotatable bonds is 4. The van der Waals surface area contributed by atoms with Crippen LogP contribution in [0.3, 0.4) is 0 Å². The van der Waals surface area contributed by atoms with E-state index in [0.717, 1.165) is 19.4 Å². The van der Waals surface area contributed by atoms with Crippen molar-refractivity contribution < 1.29 is 18.5 Å². The molecule has 1 N–H and O–H groups in total. The maximum atomic E-state index is 12.0. The van der Waals surface area contributed by atoms with Crippen LogP contribution in [0.1, 0.15) is 25.5 Å². The van der Waals surface area contributed by atoms with Gasteiger partial charge in [-0.2, -0.15) is 0 Å². The molecule has 1 fully saturated rings. The van der Waals surface area contributed by atoms with Crippen molar-refractivity contribution in [3.05, 3.63) is 17.2 Å². The van der Waals surface area contributed by atoms with Crippen LogP contribution in [0.15, 0.2) is 11.5 Å². The summed E-state index contributed by atoms with van der Waals surface area (Å²) in [7, 11) is 1.34. The summed E-state index contributed by atoms with van der Waals surface area (Å²) in [6.45, 7) is 2.14. The van der Waals surface area contributed by atoms with Crippen molar-refractivity contribution in [3.8, 4) is 0 Å². The summed E-state index contributed by atoms with van der Waals surface area (Å²) < 4.78 is 10.2. The van der Waals surface area contributed by atoms with Gasteiger partial charge in [0, 0.05) is 12.3 Å². The molecule has 0 radical (unpaired) electrons. The third-order valence-corrected chi connectivity index (χ3v) is 4.41. The molecule has 0 spiro atoms. The average molecular weight is 328 g/mol. The largest absolute Gasteiger partial charge is 0.465 e. The lowest BCUT2D eigenvalue weighted by atomic mass is 10.1. The highest BCUT2D eigenvalue weighted by Gasteiger charge is 2.21. The van der Waals surface area contributed by atoms with Crippen LogP contribution in [0.5, 0.6) is 0 Å². The number of anilines is 1. The number of carbonyl (C=O) groups excluding carboxylic acids is 2. The SMILES string of the molecule is COC(=O)C(=CC1CCCOS1)c1csc(NC(C)=O)n1. The third kappa shape index (κ3) is 4.55. The molecule has 2 rings (SSSR count). The minimum Gasteiger partial charge on any atom is -0.465 e. The Bertz CT molecular complexity index is 550. The first kappa shape index (κ1) is 16.0. The van der Waals surface area contributed by atoms with E-state index in [2.05, 4.69) is 10.3 Å². The zero-order chi connectivity index (χ0) is 15.2. The lowest BCUT2D eigenvalue weighted by molar-refractivity contribution is -0.133. The van der Waals surface area contributed by atoms with E-state index in [-0.39, 0.29) is 11.2 Å². The molecule has 21 heavy (non-hydrogen) atoms. The molecule has 1 unspecified atom stereocenters. The number of amides is 1. The Hall–Kier alpha value is -1.38. The van der Waals surface area contributed by atoms with Gasteiger partial charge in [0.1, 0.15) is 0 Å². The number of hydrogen-bond donors (Lipinski definition) is 1. The molecule has 114 valence electrons. The fraction of sp³-hybridized carbons (Fsp3) is 0.462. The molecule has 1 aromatic heterocycles. The molecule has 1 amide bonds. The number of ether oxygens (including phenoxy) is 1. The predicted octanol–water partition coefficient (Wildman–Crippen LogP) is 2.49. The molecule has 0 bridgehead atoms. The molecular formula is C13H16N2O4S2. The number of esters is 1. The number of hydrogen-bond acceptors (Lipinski definition) is 7. The Kier molecular flexibility index (Phi) is 5.77. The lowest BCUT2D eigenvalue weighted by Gasteiger charge is -2.18. The molecule has 1 aliphatic rings. The van der Waals surface area contributed by atoms with Gasteiger partial charge in [-0.05, 0) is 24.9 Å². The fourth-order valence-electron chi connectivity index (χ4n) is 1.80. The van der Waals surface area contributed by atoms with Gasteiger partial charge in [-0.15, -0.1) is 11.3 Å². The molecule has 2 heterocycles. The van der Waals surface area contributed by atoms with E-state index >= 15 is 0 Å². The van der Waals surface area contributed by atoms with Crippen molar-refractivity contribution in [3.63, 3.8) is 0 Å². The Balaban J connectivity index is 2.22. The summed E-state index contributed by atoms with van der Waals surface area (Å²) in [6, 6.07) is 0. The Morgan fingerprint density at radius 3 is 3.00 bits per heavy atom. The van der Waals surface area contributed by atoms with E-state index in [1.54, 1.807) is 5.38 Å². The molecular weight excluding hydrogens is 312 g/mol. The normalized spacial score (nSPS) is 19.1. The van der Waals surface area contributed by atoms with Gasteiger partial charge in [-0.1, -0.05) is 6.08 Å². The van der Waals surface area contributed by atoms with Crippen molar-refractivity contribution in [2.45, 2.75) is 25.0 Å². The minimum absolute atomic E-state index is 0.0961. The van der Waals surface area contributed by atoms with Crippen LogP contribution >= 0.6 is 23.4 Å². The Labute approximate surface area is 131 Å². The van der Waals surface area contributed by atoms with Gasteiger partial charge in [-0.25, -0.2) is 9.78 Å². The lowest BCUT2D eigenvalue weighted by Crippen LogP contribution is -2.12. The first-order valence-electron chi connectivity index (χ1n) is 6.42. The maximum absolute atomic E-state index is 12.0. The first-order chi connectivity index (χ1) is 10.1. The van der Waals surface area contributed by atoms with E-state index in [1.807, 2.05) is 6.08 Å². The highest BCUT2D eigenvalue weighted by atomic mass is 32.2. The number of aromatic nitrogens is 1. The minimum atomic E-state index is -0.444. The second kappa shape index (κ2) is 7.58. The van der Waals surface area contributed by atoms with Gasteiger partial charge in [0.25, 0.3) is 0 Å². The van der Waals surface area contributed by atoms with Crippen LogP contribution in [-0.2, 0) is 18.5 Å². The van der Waals surface area contributed by atoms with Crippen LogP contribution in [0.25, 0.3) is 5.57 Å². The van der Waals surface area contributed by atoms with Gasteiger partial charge in [-0.3, -0.25) is 4.79 Å². The Morgan fingerprint density at radius 2 is 2.38 bits per heavy atom. The van der Waals surface area contributed by atoms with E-state index in [0.29, 0.717) is 16.4 Å². The van der Waals surface area contributed by atoms with Gasteiger partial charge in [0.2, 0.25) is 5.91 Å². The number of thiazole rings is 1. The number of nitrogens with zero attached hydrogens (tertiary/aromatic N) is 1. The first-order valence-corrected chi connectivity index (χ1v) is 8.10. The van der Waals surface area contributed by atoms with Crippen molar-refractivity contribution in [2.75, 3.05) is 19.0 Å². The number of nitrogens with one attached hydrogen (secondary N) is 1. The fourth-order valence-corrected chi connectivity index (χ4v) is 3.40. The maximum Gasteiger partial charge on any atom is 0.339 e. The molecule has 1 saturated heterocycles. The molecule has 0 saturated carbocycles. The second-order valence-corrected chi connectivity index (χ2v) is 6.28. The topological polar surface area (TPSA) is 77.5 Å². The third-order valence-electron chi connectivity index (χ3n) is 2.73. The van der Waals surface area contributed by atoms with Crippen molar-refractivity contribution in [1.82, 2.24) is 4.98 Å². The summed E-state index contributed by atoms with van der Waals surface area (Å²) in [4.78, 5) is 27.2. The molecule has 0 aromatic carbocycles. The van der Waals surface area contributed by atoms with Crippen molar-refractivity contribution >= 4 is 46.0 Å². The van der Waals surface area contributed by atoms with Gasteiger partial charge in [0.15, 0.2) is 5.13 Å². The van der Waals surface area contributed by atoms with E-state index < -0.39 is 5.97 Å². The zero-order valence-electron chi connectivity index (χ0n) is 11.8. The predicted molar refractivity (Wildman–Crippen MR) is 83.0 cm³/mol. The Morgan fingerprint density at radius 1 is 1.57 bits per heavy atom. The van der Waals surface area contributed by atoms with Gasteiger partial charge < -0.3 is 14.2 Å². The van der Waals surface area contributed by atoms with Crippen molar-refractivity contribution in [1.29, 1.82) is 0 Å². The van der Waals surface area contributed by atoms with E-state index in [9.17, 15) is 9.59 Å². The summed E-state index contributed by atoms with van der Waals surface area (Å²) in [5.41, 5.74) is 0.898. The quantitative estimate of drug-likeness (QED) is 0.520. The zero-order valence-corrected chi connectivity index (χ0v) is 13.4. The number of carbonyl (C=O) groups is 2. The van der Waals surface area contributed by atoms with E-state index in [1.165, 1.54) is 37.4 Å². The van der Waals surface area contributed by atoms with Gasteiger partial charge in [0.05, 0.1) is 30.2 Å². The van der Waals surface area contributed by atoms with Crippen LogP contribution in [0.4, 0.5) is 5.13 Å². The highest BCUT2D eigenvalue weighted by molar-refractivity contribution is 7.95. The van der Waals surface area contributed by atoms with Crippen LogP contribution < -0.4 is 5.32 Å². The summed E-state index contributed by atoms with van der Waals surface area (Å²) >= 11 is 2.62. The molecule has 1 atom stereocenters.